The lowest BCUT2D eigenvalue weighted by Gasteiger charge is -2.44. The highest BCUT2D eigenvalue weighted by Gasteiger charge is 2.52. The van der Waals surface area contributed by atoms with Crippen molar-refractivity contribution in [2.45, 2.75) is 50.4 Å². The van der Waals surface area contributed by atoms with Crippen molar-refractivity contribution < 1.29 is 39.9 Å². The van der Waals surface area contributed by atoms with E-state index in [4.69, 9.17) is 14.9 Å². The Bertz CT molecular complexity index is 403. The standard InChI is InChI=1S/C12H21NO8/c1-5-7(16)3-12(20,11(18)19)21-10(5)9(8(17)4-14)13-6(2)15/h5,7-10,14,16-17,20H,3-4H2,1-2H3,(H,13,15)(H,18,19)/t5-,7?,8-,9-,10?,12+/m1/s1. The molecular weight excluding hydrogens is 286 g/mol. The lowest BCUT2D eigenvalue weighted by molar-refractivity contribution is -0.290. The van der Waals surface area contributed by atoms with Gasteiger partial charge in [0.25, 0.3) is 5.79 Å². The highest BCUT2D eigenvalue weighted by Crippen LogP contribution is 2.33. The van der Waals surface area contributed by atoms with Gasteiger partial charge in [0.15, 0.2) is 0 Å². The Balaban J connectivity index is 3.08. The summed E-state index contributed by atoms with van der Waals surface area (Å²) in [5.74, 6) is -5.52. The smallest absolute Gasteiger partial charge is 0.364 e. The first-order valence-electron chi connectivity index (χ1n) is 6.50. The molecule has 9 nitrogen and oxygen atoms in total. The number of aliphatic hydroxyl groups excluding tert-OH is 3. The van der Waals surface area contributed by atoms with Crippen LogP contribution in [0, 0.1) is 5.92 Å². The number of carbonyl (C=O) groups excluding carboxylic acids is 1. The third-order valence-electron chi connectivity index (χ3n) is 3.60. The topological polar surface area (TPSA) is 157 Å². The van der Waals surface area contributed by atoms with Crippen molar-refractivity contribution in [3.05, 3.63) is 0 Å². The van der Waals surface area contributed by atoms with Gasteiger partial charge in [-0.3, -0.25) is 4.79 Å². The molecule has 6 N–H and O–H groups in total. The molecule has 0 spiro atoms. The minimum Gasteiger partial charge on any atom is -0.477 e. The number of rotatable bonds is 5. The second kappa shape index (κ2) is 6.67. The Hall–Kier alpha value is -1.26. The van der Waals surface area contributed by atoms with E-state index in [1.54, 1.807) is 0 Å². The molecule has 1 rings (SSSR count). The largest absolute Gasteiger partial charge is 0.477 e. The molecule has 0 aliphatic carbocycles. The van der Waals surface area contributed by atoms with Crippen LogP contribution >= 0.6 is 0 Å². The van der Waals surface area contributed by atoms with E-state index in [0.717, 1.165) is 0 Å². The monoisotopic (exact) mass is 307 g/mol. The summed E-state index contributed by atoms with van der Waals surface area (Å²) in [6, 6.07) is -1.18. The van der Waals surface area contributed by atoms with E-state index in [1.165, 1.54) is 13.8 Å². The molecule has 6 atom stereocenters. The number of hydrogen-bond acceptors (Lipinski definition) is 7. The average molecular weight is 307 g/mol. The van der Waals surface area contributed by atoms with Gasteiger partial charge < -0.3 is 35.6 Å². The van der Waals surface area contributed by atoms with Crippen molar-refractivity contribution in [3.8, 4) is 0 Å². The summed E-state index contributed by atoms with van der Waals surface area (Å²) in [6.07, 6.45) is -4.39. The van der Waals surface area contributed by atoms with Crippen LogP contribution in [-0.4, -0.2) is 74.2 Å². The molecule has 1 aliphatic rings. The Morgan fingerprint density at radius 1 is 1.48 bits per heavy atom. The second-order valence-corrected chi connectivity index (χ2v) is 5.28. The Kier molecular flexibility index (Phi) is 5.65. The molecule has 1 saturated heterocycles. The fourth-order valence-electron chi connectivity index (χ4n) is 2.35. The number of aliphatic carboxylic acids is 1. The van der Waals surface area contributed by atoms with Crippen LogP contribution in [0.3, 0.4) is 0 Å². The van der Waals surface area contributed by atoms with E-state index >= 15 is 0 Å². The molecule has 1 amide bonds. The summed E-state index contributed by atoms with van der Waals surface area (Å²) in [5, 5.41) is 50.0. The van der Waals surface area contributed by atoms with Gasteiger partial charge in [0.1, 0.15) is 0 Å². The minimum atomic E-state index is -2.62. The fraction of sp³-hybridized carbons (Fsp3) is 0.833. The van der Waals surface area contributed by atoms with Gasteiger partial charge in [-0.05, 0) is 0 Å². The van der Waals surface area contributed by atoms with Crippen molar-refractivity contribution >= 4 is 11.9 Å². The molecule has 0 aromatic carbocycles. The van der Waals surface area contributed by atoms with Gasteiger partial charge in [-0.25, -0.2) is 4.79 Å². The highest BCUT2D eigenvalue weighted by atomic mass is 16.7. The molecule has 0 aromatic heterocycles. The quantitative estimate of drug-likeness (QED) is 0.323. The summed E-state index contributed by atoms with van der Waals surface area (Å²) in [4.78, 5) is 22.3. The SMILES string of the molecule is CC(=O)N[C@@H](C1O[C@](O)(C(=O)O)CC(O)[C@H]1C)[C@H](O)CO. The van der Waals surface area contributed by atoms with Crippen molar-refractivity contribution in [2.75, 3.05) is 6.61 Å². The lowest BCUT2D eigenvalue weighted by atomic mass is 9.83. The van der Waals surface area contributed by atoms with Crippen LogP contribution < -0.4 is 5.32 Å². The van der Waals surface area contributed by atoms with Gasteiger partial charge >= 0.3 is 5.97 Å². The van der Waals surface area contributed by atoms with Crippen LogP contribution in [-0.2, 0) is 14.3 Å². The maximum absolute atomic E-state index is 11.2. The van der Waals surface area contributed by atoms with Gasteiger partial charge in [-0.1, -0.05) is 6.92 Å². The maximum Gasteiger partial charge on any atom is 0.364 e. The maximum atomic E-state index is 11.2. The molecular formula is C12H21NO8. The zero-order valence-electron chi connectivity index (χ0n) is 11.8. The Labute approximate surface area is 121 Å². The van der Waals surface area contributed by atoms with E-state index < -0.39 is 61.0 Å². The number of carbonyl (C=O) groups is 2. The van der Waals surface area contributed by atoms with E-state index in [1.807, 2.05) is 0 Å². The van der Waals surface area contributed by atoms with Gasteiger partial charge in [-0.15, -0.1) is 0 Å². The molecule has 122 valence electrons. The molecule has 0 aromatic rings. The minimum absolute atomic E-state index is 0.540. The van der Waals surface area contributed by atoms with E-state index in [0.29, 0.717) is 0 Å². The number of carboxylic acids is 1. The van der Waals surface area contributed by atoms with Crippen molar-refractivity contribution in [1.29, 1.82) is 0 Å². The Morgan fingerprint density at radius 2 is 2.05 bits per heavy atom. The fourth-order valence-corrected chi connectivity index (χ4v) is 2.35. The molecule has 1 aliphatic heterocycles. The number of aliphatic hydroxyl groups is 4. The zero-order valence-corrected chi connectivity index (χ0v) is 11.8. The summed E-state index contributed by atoms with van der Waals surface area (Å²) in [5.41, 5.74) is 0. The second-order valence-electron chi connectivity index (χ2n) is 5.28. The molecule has 0 radical (unpaired) electrons. The lowest BCUT2D eigenvalue weighted by Crippen LogP contribution is -2.63. The summed E-state index contributed by atoms with van der Waals surface area (Å²) >= 11 is 0. The van der Waals surface area contributed by atoms with E-state index in [2.05, 4.69) is 5.32 Å². The number of hydrogen-bond donors (Lipinski definition) is 6. The van der Waals surface area contributed by atoms with Gasteiger partial charge in [0.2, 0.25) is 5.91 Å². The van der Waals surface area contributed by atoms with E-state index in [9.17, 15) is 24.9 Å². The predicted octanol–water partition coefficient (Wildman–Crippen LogP) is -2.60. The summed E-state index contributed by atoms with van der Waals surface area (Å²) in [6.45, 7) is 1.99. The molecule has 2 unspecified atom stereocenters. The van der Waals surface area contributed by atoms with Crippen LogP contribution in [0.15, 0.2) is 0 Å². The first kappa shape index (κ1) is 17.8. The first-order valence-corrected chi connectivity index (χ1v) is 6.50. The molecule has 9 heteroatoms. The van der Waals surface area contributed by atoms with Crippen LogP contribution in [0.2, 0.25) is 0 Å². The third kappa shape index (κ3) is 3.89. The number of carboxylic acid groups (broad SMARTS) is 1. The first-order chi connectivity index (χ1) is 9.62. The van der Waals surface area contributed by atoms with Crippen molar-refractivity contribution in [2.24, 2.45) is 5.92 Å². The molecule has 1 fully saturated rings. The van der Waals surface area contributed by atoms with Crippen LogP contribution in [0.1, 0.15) is 20.3 Å². The normalized spacial score (nSPS) is 35.8. The van der Waals surface area contributed by atoms with Crippen LogP contribution in [0.5, 0.6) is 0 Å². The number of amides is 1. The third-order valence-corrected chi connectivity index (χ3v) is 3.60. The molecule has 0 bridgehead atoms. The zero-order chi connectivity index (χ0) is 16.4. The Morgan fingerprint density at radius 3 is 2.48 bits per heavy atom. The van der Waals surface area contributed by atoms with Crippen LogP contribution in [0.25, 0.3) is 0 Å². The van der Waals surface area contributed by atoms with Crippen molar-refractivity contribution in [3.63, 3.8) is 0 Å². The van der Waals surface area contributed by atoms with Gasteiger partial charge in [0.05, 0.1) is 31.0 Å². The molecule has 1 heterocycles. The highest BCUT2D eigenvalue weighted by molar-refractivity contribution is 5.75. The molecule has 0 saturated carbocycles. The van der Waals surface area contributed by atoms with E-state index in [-0.39, 0.29) is 0 Å². The van der Waals surface area contributed by atoms with Gasteiger partial charge in [-0.2, -0.15) is 0 Å². The van der Waals surface area contributed by atoms with Gasteiger partial charge in [0, 0.05) is 19.3 Å². The average Bonchev–Trinajstić information content (AvgIpc) is 2.39. The predicted molar refractivity (Wildman–Crippen MR) is 67.9 cm³/mol. The molecule has 21 heavy (non-hydrogen) atoms. The summed E-state index contributed by atoms with van der Waals surface area (Å²) in [7, 11) is 0. The summed E-state index contributed by atoms with van der Waals surface area (Å²) < 4.78 is 5.11. The number of nitrogens with one attached hydrogen (secondary N) is 1. The number of ether oxygens (including phenoxy) is 1. The van der Waals surface area contributed by atoms with Crippen molar-refractivity contribution in [1.82, 2.24) is 5.32 Å². The van der Waals surface area contributed by atoms with Crippen LogP contribution in [0.4, 0.5) is 0 Å².